The second kappa shape index (κ2) is 6.42. The fourth-order valence-electron chi connectivity index (χ4n) is 1.33. The maximum atomic E-state index is 10.8. The number of nitro groups is 1. The zero-order valence-electron chi connectivity index (χ0n) is 9.48. The molecule has 0 bridgehead atoms. The quantitative estimate of drug-likeness (QED) is 0.484. The number of ether oxygens (including phenoxy) is 1. The van der Waals surface area contributed by atoms with Crippen molar-refractivity contribution in [2.75, 3.05) is 13.2 Å². The smallest absolute Gasteiger partial charge is 0.291 e. The third-order valence-corrected chi connectivity index (χ3v) is 2.62. The van der Waals surface area contributed by atoms with Crippen LogP contribution in [0.3, 0.4) is 0 Å². The van der Waals surface area contributed by atoms with E-state index in [4.69, 9.17) is 21.4 Å². The van der Waals surface area contributed by atoms with E-state index >= 15 is 0 Å². The molecule has 6 heteroatoms. The number of halogens is 1. The molecule has 0 saturated heterocycles. The molecule has 0 saturated carbocycles. The van der Waals surface area contributed by atoms with Gasteiger partial charge < -0.3 is 9.84 Å². The molecule has 1 aromatic rings. The highest BCUT2D eigenvalue weighted by atomic mass is 35.5. The average molecular weight is 260 g/mol. The van der Waals surface area contributed by atoms with Crippen molar-refractivity contribution in [1.82, 2.24) is 0 Å². The summed E-state index contributed by atoms with van der Waals surface area (Å²) in [6, 6.07) is 3.13. The van der Waals surface area contributed by atoms with Crippen LogP contribution in [0.4, 0.5) is 5.69 Å². The van der Waals surface area contributed by atoms with Crippen LogP contribution >= 0.6 is 11.6 Å². The van der Waals surface area contributed by atoms with Crippen molar-refractivity contribution in [3.8, 4) is 5.75 Å². The standard InChI is InChI=1S/C11H14ClNO4/c1-2-8-6-9(13(15)16)11(12)10(7-8)17-5-3-4-14/h6-7,14H,2-5H2,1H3. The molecule has 0 fully saturated rings. The van der Waals surface area contributed by atoms with E-state index < -0.39 is 4.92 Å². The molecule has 0 spiro atoms. The lowest BCUT2D eigenvalue weighted by molar-refractivity contribution is -0.384. The van der Waals surface area contributed by atoms with Gasteiger partial charge in [-0.2, -0.15) is 0 Å². The Bertz CT molecular complexity index is 409. The predicted molar refractivity (Wildman–Crippen MR) is 64.7 cm³/mol. The van der Waals surface area contributed by atoms with Crippen LogP contribution in [0, 0.1) is 10.1 Å². The minimum atomic E-state index is -0.527. The van der Waals surface area contributed by atoms with Gasteiger partial charge in [0.05, 0.1) is 11.5 Å². The average Bonchev–Trinajstić information content (AvgIpc) is 2.31. The van der Waals surface area contributed by atoms with Crippen LogP contribution in [0.1, 0.15) is 18.9 Å². The zero-order valence-corrected chi connectivity index (χ0v) is 10.2. The maximum absolute atomic E-state index is 10.8. The molecule has 0 amide bonds. The van der Waals surface area contributed by atoms with Crippen molar-refractivity contribution in [2.45, 2.75) is 19.8 Å². The summed E-state index contributed by atoms with van der Waals surface area (Å²) in [6.07, 6.45) is 1.12. The molecule has 0 aliphatic carbocycles. The lowest BCUT2D eigenvalue weighted by Crippen LogP contribution is -2.02. The molecule has 0 aliphatic rings. The minimum absolute atomic E-state index is 0.00476. The van der Waals surface area contributed by atoms with E-state index in [-0.39, 0.29) is 23.9 Å². The van der Waals surface area contributed by atoms with Crippen LogP contribution in [-0.2, 0) is 6.42 Å². The van der Waals surface area contributed by atoms with Crippen LogP contribution in [0.15, 0.2) is 12.1 Å². The fourth-order valence-corrected chi connectivity index (χ4v) is 1.56. The maximum Gasteiger partial charge on any atom is 0.291 e. The second-order valence-corrected chi connectivity index (χ2v) is 3.84. The number of hydrogen-bond donors (Lipinski definition) is 1. The first-order chi connectivity index (χ1) is 8.10. The van der Waals surface area contributed by atoms with Gasteiger partial charge in [0.2, 0.25) is 0 Å². The van der Waals surface area contributed by atoms with E-state index in [1.807, 2.05) is 6.92 Å². The number of aryl methyl sites for hydroxylation is 1. The van der Waals surface area contributed by atoms with E-state index in [1.54, 1.807) is 6.07 Å². The summed E-state index contributed by atoms with van der Waals surface area (Å²) < 4.78 is 5.31. The summed E-state index contributed by atoms with van der Waals surface area (Å²) >= 11 is 5.88. The lowest BCUT2D eigenvalue weighted by atomic mass is 10.1. The van der Waals surface area contributed by atoms with Crippen LogP contribution in [0.25, 0.3) is 0 Å². The lowest BCUT2D eigenvalue weighted by Gasteiger charge is -2.09. The summed E-state index contributed by atoms with van der Waals surface area (Å²) in [6.45, 7) is 2.18. The largest absolute Gasteiger partial charge is 0.492 e. The third-order valence-electron chi connectivity index (χ3n) is 2.24. The van der Waals surface area contributed by atoms with E-state index in [0.29, 0.717) is 18.6 Å². The summed E-state index contributed by atoms with van der Waals surface area (Å²) in [7, 11) is 0. The Balaban J connectivity index is 3.01. The molecule has 1 rings (SSSR count). The summed E-state index contributed by atoms with van der Waals surface area (Å²) in [4.78, 5) is 10.3. The molecule has 0 atom stereocenters. The van der Waals surface area contributed by atoms with Crippen LogP contribution in [0.5, 0.6) is 5.75 Å². The van der Waals surface area contributed by atoms with Gasteiger partial charge in [0.25, 0.3) is 5.69 Å². The number of hydrogen-bond acceptors (Lipinski definition) is 4. The molecule has 1 N–H and O–H groups in total. The minimum Gasteiger partial charge on any atom is -0.492 e. The number of nitro benzene ring substituents is 1. The number of aliphatic hydroxyl groups is 1. The molecule has 0 aromatic heterocycles. The summed E-state index contributed by atoms with van der Waals surface area (Å²) in [5.41, 5.74) is 0.644. The Morgan fingerprint density at radius 2 is 2.24 bits per heavy atom. The molecule has 1 aromatic carbocycles. The van der Waals surface area contributed by atoms with Crippen molar-refractivity contribution in [3.05, 3.63) is 32.8 Å². The molecule has 17 heavy (non-hydrogen) atoms. The van der Waals surface area contributed by atoms with Crippen LogP contribution < -0.4 is 4.74 Å². The molecule has 0 radical (unpaired) electrons. The van der Waals surface area contributed by atoms with Gasteiger partial charge >= 0.3 is 0 Å². The van der Waals surface area contributed by atoms with Crippen LogP contribution in [-0.4, -0.2) is 23.2 Å². The van der Waals surface area contributed by atoms with E-state index in [2.05, 4.69) is 0 Å². The Morgan fingerprint density at radius 1 is 1.53 bits per heavy atom. The van der Waals surface area contributed by atoms with Gasteiger partial charge in [0, 0.05) is 19.1 Å². The first-order valence-electron chi connectivity index (χ1n) is 5.30. The Morgan fingerprint density at radius 3 is 2.76 bits per heavy atom. The van der Waals surface area contributed by atoms with E-state index in [9.17, 15) is 10.1 Å². The highest BCUT2D eigenvalue weighted by Gasteiger charge is 2.18. The van der Waals surface area contributed by atoms with E-state index in [0.717, 1.165) is 5.56 Å². The molecule has 0 heterocycles. The SMILES string of the molecule is CCc1cc(OCCCO)c(Cl)c([N+](=O)[O-])c1. The highest BCUT2D eigenvalue weighted by molar-refractivity contribution is 6.34. The Labute approximate surface area is 104 Å². The number of rotatable bonds is 6. The normalized spacial score (nSPS) is 10.3. The van der Waals surface area contributed by atoms with Gasteiger partial charge in [0.15, 0.2) is 5.02 Å². The number of aliphatic hydroxyl groups excluding tert-OH is 1. The molecule has 5 nitrogen and oxygen atoms in total. The monoisotopic (exact) mass is 259 g/mol. The van der Waals surface area contributed by atoms with Crippen molar-refractivity contribution < 1.29 is 14.8 Å². The van der Waals surface area contributed by atoms with Crippen molar-refractivity contribution >= 4 is 17.3 Å². The third kappa shape index (κ3) is 3.57. The molecular formula is C11H14ClNO4. The van der Waals surface area contributed by atoms with Gasteiger partial charge in [-0.05, 0) is 18.1 Å². The van der Waals surface area contributed by atoms with E-state index in [1.165, 1.54) is 6.07 Å². The molecule has 94 valence electrons. The number of nitrogens with zero attached hydrogens (tertiary/aromatic N) is 1. The zero-order chi connectivity index (χ0) is 12.8. The van der Waals surface area contributed by atoms with Crippen molar-refractivity contribution in [3.63, 3.8) is 0 Å². The van der Waals surface area contributed by atoms with Gasteiger partial charge in [-0.25, -0.2) is 0 Å². The van der Waals surface area contributed by atoms with Crippen LogP contribution in [0.2, 0.25) is 5.02 Å². The molecule has 0 aliphatic heterocycles. The highest BCUT2D eigenvalue weighted by Crippen LogP contribution is 2.35. The van der Waals surface area contributed by atoms with Crippen molar-refractivity contribution in [1.29, 1.82) is 0 Å². The molecule has 0 unspecified atom stereocenters. The van der Waals surface area contributed by atoms with Gasteiger partial charge in [-0.1, -0.05) is 18.5 Å². The topological polar surface area (TPSA) is 72.6 Å². The first-order valence-corrected chi connectivity index (χ1v) is 5.68. The second-order valence-electron chi connectivity index (χ2n) is 3.46. The van der Waals surface area contributed by atoms with Gasteiger partial charge in [-0.3, -0.25) is 10.1 Å². The van der Waals surface area contributed by atoms with Crippen molar-refractivity contribution in [2.24, 2.45) is 0 Å². The predicted octanol–water partition coefficient (Wildman–Crippen LogP) is 2.57. The van der Waals surface area contributed by atoms with Gasteiger partial charge in [0.1, 0.15) is 5.75 Å². The number of benzene rings is 1. The fraction of sp³-hybridized carbons (Fsp3) is 0.455. The molecular weight excluding hydrogens is 246 g/mol. The Hall–Kier alpha value is -1.33. The van der Waals surface area contributed by atoms with Gasteiger partial charge in [-0.15, -0.1) is 0 Å². The first kappa shape index (κ1) is 13.7. The summed E-state index contributed by atoms with van der Waals surface area (Å²) in [5.74, 6) is 0.297. The summed E-state index contributed by atoms with van der Waals surface area (Å²) in [5, 5.41) is 19.4. The Kier molecular flexibility index (Phi) is 5.18.